The summed E-state index contributed by atoms with van der Waals surface area (Å²) in [4.78, 5) is 36.9. The molecular formula is C34H37ClF4N8O3. The lowest BCUT2D eigenvalue weighted by Gasteiger charge is -2.31. The SMILES string of the molecule is CC(C)(C)CCN=C(N)N(C(=O)c1ccc(-c2cnn(C(F)F)c2)cc1)[C@H](COC(=O)NC1CC1)c1ccc(Cl)c(-c2cn(C(F)F)cn2)c1. The van der Waals surface area contributed by atoms with Crippen LogP contribution in [0.15, 0.2) is 72.4 Å². The quantitative estimate of drug-likeness (QED) is 0.0878. The van der Waals surface area contributed by atoms with Crippen LogP contribution in [-0.2, 0) is 4.74 Å². The zero-order valence-corrected chi connectivity index (χ0v) is 28.3. The van der Waals surface area contributed by atoms with Gasteiger partial charge in [0, 0.05) is 41.7 Å². The van der Waals surface area contributed by atoms with E-state index in [2.05, 4.69) is 20.4 Å². The molecule has 11 nitrogen and oxygen atoms in total. The molecule has 0 radical (unpaired) electrons. The zero-order valence-electron chi connectivity index (χ0n) is 27.6. The highest BCUT2D eigenvalue weighted by Gasteiger charge is 2.33. The van der Waals surface area contributed by atoms with Gasteiger partial charge in [-0.15, -0.1) is 0 Å². The lowest BCUT2D eigenvalue weighted by molar-refractivity contribution is 0.0566. The van der Waals surface area contributed by atoms with E-state index in [1.165, 1.54) is 35.5 Å². The van der Waals surface area contributed by atoms with E-state index in [4.69, 9.17) is 22.1 Å². The normalized spacial score (nSPS) is 14.2. The number of rotatable bonds is 12. The molecule has 2 aromatic carbocycles. The maximum Gasteiger partial charge on any atom is 0.407 e. The van der Waals surface area contributed by atoms with Gasteiger partial charge < -0.3 is 15.8 Å². The smallest absolute Gasteiger partial charge is 0.407 e. The van der Waals surface area contributed by atoms with Crippen LogP contribution in [0.4, 0.5) is 22.4 Å². The van der Waals surface area contributed by atoms with E-state index in [0.29, 0.717) is 37.9 Å². The number of nitrogens with one attached hydrogen (secondary N) is 1. The Morgan fingerprint density at radius 3 is 2.40 bits per heavy atom. The van der Waals surface area contributed by atoms with Crippen molar-refractivity contribution in [2.24, 2.45) is 16.1 Å². The fraction of sp³-hybridized carbons (Fsp3) is 0.382. The summed E-state index contributed by atoms with van der Waals surface area (Å²) in [6, 6.07) is 9.82. The van der Waals surface area contributed by atoms with Gasteiger partial charge in [-0.25, -0.2) is 14.5 Å². The predicted molar refractivity (Wildman–Crippen MR) is 180 cm³/mol. The second-order valence-electron chi connectivity index (χ2n) is 13.0. The highest BCUT2D eigenvalue weighted by molar-refractivity contribution is 6.33. The van der Waals surface area contributed by atoms with Crippen LogP contribution in [0.1, 0.15) is 75.1 Å². The second-order valence-corrected chi connectivity index (χ2v) is 13.5. The molecule has 1 atom stereocenters. The number of guanidine groups is 1. The maximum atomic E-state index is 14.4. The van der Waals surface area contributed by atoms with E-state index >= 15 is 0 Å². The van der Waals surface area contributed by atoms with Gasteiger partial charge in [-0.05, 0) is 60.1 Å². The monoisotopic (exact) mass is 716 g/mol. The van der Waals surface area contributed by atoms with Crippen molar-refractivity contribution in [2.75, 3.05) is 13.2 Å². The minimum absolute atomic E-state index is 0.00103. The number of ether oxygens (including phenoxy) is 1. The number of aromatic nitrogens is 4. The zero-order chi connectivity index (χ0) is 36.2. The summed E-state index contributed by atoms with van der Waals surface area (Å²) in [5.41, 5.74) is 8.45. The van der Waals surface area contributed by atoms with Crippen LogP contribution < -0.4 is 11.1 Å². The Balaban J connectivity index is 1.55. The molecule has 0 saturated heterocycles. The van der Waals surface area contributed by atoms with Crippen molar-refractivity contribution in [1.82, 2.24) is 29.5 Å². The average molecular weight is 717 g/mol. The summed E-state index contributed by atoms with van der Waals surface area (Å²) in [5, 5.41) is 6.61. The summed E-state index contributed by atoms with van der Waals surface area (Å²) in [7, 11) is 0. The van der Waals surface area contributed by atoms with Gasteiger partial charge >= 0.3 is 19.2 Å². The number of alkyl carbamates (subject to hydrolysis) is 1. The van der Waals surface area contributed by atoms with Gasteiger partial charge in [0.2, 0.25) is 0 Å². The number of imidazole rings is 1. The third-order valence-corrected chi connectivity index (χ3v) is 8.26. The van der Waals surface area contributed by atoms with Gasteiger partial charge in [0.25, 0.3) is 5.91 Å². The van der Waals surface area contributed by atoms with Crippen molar-refractivity contribution in [2.45, 2.75) is 65.2 Å². The summed E-state index contributed by atoms with van der Waals surface area (Å²) in [6.45, 7) is 0.386. The third kappa shape index (κ3) is 9.20. The van der Waals surface area contributed by atoms with Crippen LogP contribution in [0.2, 0.25) is 5.02 Å². The number of nitrogens with two attached hydrogens (primary N) is 1. The van der Waals surface area contributed by atoms with E-state index in [9.17, 15) is 27.2 Å². The lowest BCUT2D eigenvalue weighted by atomic mass is 9.92. The average Bonchev–Trinajstić information content (AvgIpc) is 3.50. The summed E-state index contributed by atoms with van der Waals surface area (Å²) in [5.74, 6) is -0.761. The van der Waals surface area contributed by atoms with Crippen molar-refractivity contribution in [1.29, 1.82) is 0 Å². The number of halogens is 5. The molecule has 1 saturated carbocycles. The second kappa shape index (κ2) is 15.3. The summed E-state index contributed by atoms with van der Waals surface area (Å²) < 4.78 is 59.7. The van der Waals surface area contributed by atoms with Crippen LogP contribution in [0, 0.1) is 5.41 Å². The molecule has 3 N–H and O–H groups in total. The summed E-state index contributed by atoms with van der Waals surface area (Å²) in [6.07, 6.45) is 6.19. The Morgan fingerprint density at radius 2 is 1.80 bits per heavy atom. The van der Waals surface area contributed by atoms with E-state index < -0.39 is 31.1 Å². The number of carbonyl (C=O) groups is 2. The number of aliphatic imine (C=N–C) groups is 1. The molecule has 0 unspecified atom stereocenters. The molecule has 1 fully saturated rings. The number of amides is 2. The summed E-state index contributed by atoms with van der Waals surface area (Å²) >= 11 is 6.50. The van der Waals surface area contributed by atoms with Gasteiger partial charge in [-0.3, -0.25) is 19.3 Å². The van der Waals surface area contributed by atoms with E-state index in [1.807, 2.05) is 20.8 Å². The number of carbonyl (C=O) groups excluding carboxylic acids is 2. The fourth-order valence-corrected chi connectivity index (χ4v) is 5.18. The highest BCUT2D eigenvalue weighted by atomic mass is 35.5. The molecular weight excluding hydrogens is 680 g/mol. The predicted octanol–water partition coefficient (Wildman–Crippen LogP) is 7.68. The molecule has 2 heterocycles. The van der Waals surface area contributed by atoms with Crippen LogP contribution in [0.3, 0.4) is 0 Å². The number of hydrogen-bond donors (Lipinski definition) is 2. The standard InChI is InChI=1S/C34H37ClF4N8O3/c1-34(2,3)12-13-41-32(40)47(29(48)21-6-4-20(5-7-21)23-15-43-46(16-23)31(38)39)28(18-50-33(49)44-24-9-10-24)22-8-11-26(35)25(14-22)27-17-45(19-42-27)30(36)37/h4-8,11,14-17,19,24,28,30-31H,9-10,12-13,18H2,1-3H3,(H2,40,41)(H,44,49)/t28-/m1/s1. The highest BCUT2D eigenvalue weighted by Crippen LogP contribution is 2.34. The molecule has 50 heavy (non-hydrogen) atoms. The Kier molecular flexibility index (Phi) is 11.1. The van der Waals surface area contributed by atoms with Crippen molar-refractivity contribution in [3.63, 3.8) is 0 Å². The van der Waals surface area contributed by atoms with E-state index in [1.54, 1.807) is 24.3 Å². The number of benzene rings is 2. The Morgan fingerprint density at radius 1 is 1.08 bits per heavy atom. The first-order chi connectivity index (χ1) is 23.7. The molecule has 1 aliphatic carbocycles. The topological polar surface area (TPSA) is 133 Å². The molecule has 0 bridgehead atoms. The first-order valence-electron chi connectivity index (χ1n) is 15.8. The third-order valence-electron chi connectivity index (χ3n) is 7.93. The Labute approximate surface area is 291 Å². The minimum atomic E-state index is -2.83. The van der Waals surface area contributed by atoms with Crippen molar-refractivity contribution in [3.8, 4) is 22.4 Å². The molecule has 0 aliphatic heterocycles. The number of alkyl halides is 4. The minimum Gasteiger partial charge on any atom is -0.447 e. The molecule has 2 aromatic heterocycles. The lowest BCUT2D eigenvalue weighted by Crippen LogP contribution is -2.46. The molecule has 0 spiro atoms. The molecule has 4 aromatic rings. The molecule has 1 aliphatic rings. The maximum absolute atomic E-state index is 14.4. The Hall–Kier alpha value is -4.92. The molecule has 2 amide bonds. The van der Waals surface area contributed by atoms with Crippen molar-refractivity contribution < 1.29 is 31.9 Å². The fourth-order valence-electron chi connectivity index (χ4n) is 4.96. The van der Waals surface area contributed by atoms with Crippen LogP contribution in [-0.4, -0.2) is 61.4 Å². The number of nitrogens with zero attached hydrogens (tertiary/aromatic N) is 6. The first kappa shape index (κ1) is 36.4. The molecule has 16 heteroatoms. The van der Waals surface area contributed by atoms with Gasteiger partial charge in [0.15, 0.2) is 5.96 Å². The molecule has 5 rings (SSSR count). The van der Waals surface area contributed by atoms with Gasteiger partial charge in [-0.2, -0.15) is 22.7 Å². The van der Waals surface area contributed by atoms with Gasteiger partial charge in [0.05, 0.1) is 29.3 Å². The van der Waals surface area contributed by atoms with Crippen LogP contribution in [0.5, 0.6) is 0 Å². The van der Waals surface area contributed by atoms with Crippen LogP contribution >= 0.6 is 11.6 Å². The number of hydrogen-bond acceptors (Lipinski definition) is 6. The van der Waals surface area contributed by atoms with Crippen LogP contribution in [0.25, 0.3) is 22.4 Å². The van der Waals surface area contributed by atoms with E-state index in [0.717, 1.165) is 25.4 Å². The van der Waals surface area contributed by atoms with Gasteiger partial charge in [0.1, 0.15) is 6.61 Å². The van der Waals surface area contributed by atoms with Crippen molar-refractivity contribution in [3.05, 3.63) is 83.5 Å². The van der Waals surface area contributed by atoms with E-state index in [-0.39, 0.29) is 46.8 Å². The first-order valence-corrected chi connectivity index (χ1v) is 16.2. The largest absolute Gasteiger partial charge is 0.447 e. The Bertz CT molecular complexity index is 1830. The van der Waals surface area contributed by atoms with Gasteiger partial charge in [-0.1, -0.05) is 50.6 Å². The molecule has 266 valence electrons. The van der Waals surface area contributed by atoms with Crippen molar-refractivity contribution >= 4 is 29.6 Å².